The van der Waals surface area contributed by atoms with E-state index in [-0.39, 0.29) is 23.7 Å². The van der Waals surface area contributed by atoms with Crippen LogP contribution in [0.5, 0.6) is 0 Å². The van der Waals surface area contributed by atoms with Crippen molar-refractivity contribution in [3.05, 3.63) is 0 Å². The Balaban J connectivity index is 2.17. The van der Waals surface area contributed by atoms with Gasteiger partial charge in [0.2, 0.25) is 5.91 Å². The van der Waals surface area contributed by atoms with Crippen LogP contribution in [0.2, 0.25) is 0 Å². The highest BCUT2D eigenvalue weighted by Crippen LogP contribution is 2.50. The van der Waals surface area contributed by atoms with Crippen LogP contribution in [0.25, 0.3) is 0 Å². The van der Waals surface area contributed by atoms with Crippen molar-refractivity contribution in [1.29, 1.82) is 0 Å². The summed E-state index contributed by atoms with van der Waals surface area (Å²) in [6.45, 7) is 0.251. The molecule has 0 aromatic heterocycles. The second kappa shape index (κ2) is 1.59. The van der Waals surface area contributed by atoms with E-state index in [4.69, 9.17) is 0 Å². The molecule has 2 rings (SSSR count). The topological polar surface area (TPSA) is 46.2 Å². The second-order valence-corrected chi connectivity index (χ2v) is 3.18. The molecule has 0 bridgehead atoms. The molecule has 0 radical (unpaired) electrons. The van der Waals surface area contributed by atoms with Crippen LogP contribution in [0, 0.1) is 5.41 Å². The van der Waals surface area contributed by atoms with Crippen LogP contribution in [0.3, 0.4) is 0 Å². The van der Waals surface area contributed by atoms with Gasteiger partial charge in [0.05, 0.1) is 12.0 Å². The van der Waals surface area contributed by atoms with Gasteiger partial charge in [0.15, 0.2) is 5.78 Å². The van der Waals surface area contributed by atoms with E-state index in [2.05, 4.69) is 5.32 Å². The number of carbonyl (C=O) groups is 2. The Morgan fingerprint density at radius 3 is 2.50 bits per heavy atom. The van der Waals surface area contributed by atoms with Crippen LogP contribution in [0.1, 0.15) is 19.3 Å². The Morgan fingerprint density at radius 1 is 1.30 bits per heavy atom. The van der Waals surface area contributed by atoms with Crippen molar-refractivity contribution in [3.8, 4) is 0 Å². The minimum Gasteiger partial charge on any atom is -0.349 e. The first-order valence-corrected chi connectivity index (χ1v) is 3.53. The molecule has 1 aliphatic carbocycles. The zero-order valence-electron chi connectivity index (χ0n) is 5.64. The molecule has 10 heavy (non-hydrogen) atoms. The molecule has 54 valence electrons. The van der Waals surface area contributed by atoms with Gasteiger partial charge < -0.3 is 5.32 Å². The van der Waals surface area contributed by atoms with Crippen molar-refractivity contribution in [2.75, 3.05) is 6.54 Å². The SMILES string of the molecule is O=C1CNC(=O)C2(CC2)C1. The van der Waals surface area contributed by atoms with E-state index in [1.165, 1.54) is 0 Å². The molecular weight excluding hydrogens is 130 g/mol. The molecule has 1 saturated heterocycles. The summed E-state index contributed by atoms with van der Waals surface area (Å²) in [5.74, 6) is 0.268. The fraction of sp³-hybridized carbons (Fsp3) is 0.714. The number of Topliss-reactive ketones (excluding diaryl/α,β-unsaturated/α-hetero) is 1. The van der Waals surface area contributed by atoms with Gasteiger partial charge in [-0.3, -0.25) is 9.59 Å². The number of carbonyl (C=O) groups excluding carboxylic acids is 2. The first-order valence-electron chi connectivity index (χ1n) is 3.53. The predicted molar refractivity (Wildman–Crippen MR) is 34.3 cm³/mol. The molecule has 0 aromatic carbocycles. The van der Waals surface area contributed by atoms with Gasteiger partial charge in [-0.2, -0.15) is 0 Å². The summed E-state index contributed by atoms with van der Waals surface area (Å²) in [4.78, 5) is 21.9. The highest BCUT2D eigenvalue weighted by molar-refractivity contribution is 5.98. The summed E-state index contributed by atoms with van der Waals surface area (Å²) < 4.78 is 0. The number of amides is 1. The first kappa shape index (κ1) is 5.89. The van der Waals surface area contributed by atoms with Crippen LogP contribution in [0.4, 0.5) is 0 Å². The highest BCUT2D eigenvalue weighted by Gasteiger charge is 2.52. The maximum atomic E-state index is 11.1. The van der Waals surface area contributed by atoms with Crippen LogP contribution in [-0.4, -0.2) is 18.2 Å². The van der Waals surface area contributed by atoms with Crippen LogP contribution >= 0.6 is 0 Å². The maximum Gasteiger partial charge on any atom is 0.227 e. The van der Waals surface area contributed by atoms with Gasteiger partial charge in [-0.15, -0.1) is 0 Å². The van der Waals surface area contributed by atoms with E-state index >= 15 is 0 Å². The molecule has 1 spiro atoms. The Bertz CT molecular complexity index is 206. The van der Waals surface area contributed by atoms with Gasteiger partial charge in [0, 0.05) is 6.42 Å². The van der Waals surface area contributed by atoms with Gasteiger partial charge in [-0.1, -0.05) is 0 Å². The molecule has 0 unspecified atom stereocenters. The van der Waals surface area contributed by atoms with Gasteiger partial charge in [0.1, 0.15) is 0 Å². The lowest BCUT2D eigenvalue weighted by molar-refractivity contribution is -0.135. The predicted octanol–water partition coefficient (Wildman–Crippen LogP) is -0.144. The number of piperidine rings is 1. The molecule has 1 aliphatic heterocycles. The van der Waals surface area contributed by atoms with Gasteiger partial charge >= 0.3 is 0 Å². The number of nitrogens with one attached hydrogen (secondary N) is 1. The third-order valence-electron chi connectivity index (χ3n) is 2.32. The number of hydrogen-bond donors (Lipinski definition) is 1. The molecule has 3 nitrogen and oxygen atoms in total. The maximum absolute atomic E-state index is 11.1. The first-order chi connectivity index (χ1) is 4.73. The molecule has 1 N–H and O–H groups in total. The number of ketones is 1. The monoisotopic (exact) mass is 139 g/mol. The molecule has 1 saturated carbocycles. The van der Waals surface area contributed by atoms with Crippen LogP contribution in [-0.2, 0) is 9.59 Å². The zero-order chi connectivity index (χ0) is 7.19. The van der Waals surface area contributed by atoms with Crippen molar-refractivity contribution in [3.63, 3.8) is 0 Å². The Hall–Kier alpha value is -0.860. The number of hydrogen-bond acceptors (Lipinski definition) is 2. The van der Waals surface area contributed by atoms with Crippen molar-refractivity contribution < 1.29 is 9.59 Å². The molecule has 0 aromatic rings. The lowest BCUT2D eigenvalue weighted by Crippen LogP contribution is -2.43. The Labute approximate surface area is 58.8 Å². The summed E-state index contributed by atoms with van der Waals surface area (Å²) in [6, 6.07) is 0. The number of rotatable bonds is 0. The van der Waals surface area contributed by atoms with Crippen molar-refractivity contribution in [1.82, 2.24) is 5.32 Å². The van der Waals surface area contributed by atoms with Crippen LogP contribution in [0.15, 0.2) is 0 Å². The standard InChI is InChI=1S/C7H9NO2/c9-5-3-7(1-2-7)6(10)8-4-5/h1-4H2,(H,8,10). The average Bonchev–Trinajstić information content (AvgIpc) is 2.62. The van der Waals surface area contributed by atoms with Crippen molar-refractivity contribution in [2.24, 2.45) is 5.41 Å². The Morgan fingerprint density at radius 2 is 2.00 bits per heavy atom. The molecule has 2 aliphatic rings. The summed E-state index contributed by atoms with van der Waals surface area (Å²) in [5, 5.41) is 2.60. The summed E-state index contributed by atoms with van der Waals surface area (Å²) in [5.41, 5.74) is -0.241. The Kier molecular flexibility index (Phi) is 0.938. The van der Waals surface area contributed by atoms with E-state index in [9.17, 15) is 9.59 Å². The third-order valence-corrected chi connectivity index (χ3v) is 2.32. The minimum absolute atomic E-state index is 0.0899. The molecule has 3 heteroatoms. The van der Waals surface area contributed by atoms with E-state index in [0.29, 0.717) is 6.42 Å². The summed E-state index contributed by atoms with van der Waals surface area (Å²) in [6.07, 6.45) is 2.30. The van der Waals surface area contributed by atoms with E-state index in [0.717, 1.165) is 12.8 Å². The zero-order valence-corrected chi connectivity index (χ0v) is 5.64. The largest absolute Gasteiger partial charge is 0.349 e. The minimum atomic E-state index is -0.241. The fourth-order valence-electron chi connectivity index (χ4n) is 1.44. The van der Waals surface area contributed by atoms with Gasteiger partial charge in [0.25, 0.3) is 0 Å². The smallest absolute Gasteiger partial charge is 0.227 e. The molecule has 1 amide bonds. The summed E-state index contributed by atoms with van der Waals surface area (Å²) >= 11 is 0. The molecule has 0 atom stereocenters. The second-order valence-electron chi connectivity index (χ2n) is 3.18. The lowest BCUT2D eigenvalue weighted by atomic mass is 9.95. The fourth-order valence-corrected chi connectivity index (χ4v) is 1.44. The lowest BCUT2D eigenvalue weighted by Gasteiger charge is -2.19. The quantitative estimate of drug-likeness (QED) is 0.507. The average molecular weight is 139 g/mol. The van der Waals surface area contributed by atoms with Crippen LogP contribution < -0.4 is 5.32 Å². The molecule has 1 heterocycles. The molecular formula is C7H9NO2. The van der Waals surface area contributed by atoms with E-state index in [1.807, 2.05) is 0 Å². The summed E-state index contributed by atoms with van der Waals surface area (Å²) in [7, 11) is 0. The van der Waals surface area contributed by atoms with E-state index < -0.39 is 0 Å². The molecule has 2 fully saturated rings. The van der Waals surface area contributed by atoms with Crippen molar-refractivity contribution >= 4 is 11.7 Å². The third kappa shape index (κ3) is 0.664. The van der Waals surface area contributed by atoms with Crippen molar-refractivity contribution in [2.45, 2.75) is 19.3 Å². The van der Waals surface area contributed by atoms with Gasteiger partial charge in [-0.25, -0.2) is 0 Å². The van der Waals surface area contributed by atoms with E-state index in [1.54, 1.807) is 0 Å². The van der Waals surface area contributed by atoms with Gasteiger partial charge in [-0.05, 0) is 12.8 Å². The highest BCUT2D eigenvalue weighted by atomic mass is 16.2. The normalized spacial score (nSPS) is 28.4.